The number of hydrogen-bond acceptors (Lipinski definition) is 3. The van der Waals surface area contributed by atoms with Gasteiger partial charge in [0.1, 0.15) is 5.70 Å². The lowest BCUT2D eigenvalue weighted by Crippen LogP contribution is -2.33. The zero-order chi connectivity index (χ0) is 21.4. The highest BCUT2D eigenvalue weighted by molar-refractivity contribution is 6.46. The minimum Gasteiger partial charge on any atom is -0.350 e. The van der Waals surface area contributed by atoms with Crippen LogP contribution in [0.2, 0.25) is 0 Å². The zero-order valence-electron chi connectivity index (χ0n) is 17.6. The third-order valence-electron chi connectivity index (χ3n) is 5.24. The van der Waals surface area contributed by atoms with Crippen LogP contribution in [0.4, 0.5) is 11.4 Å². The minimum absolute atomic E-state index is 0.303. The molecule has 150 valence electrons. The van der Waals surface area contributed by atoms with E-state index in [4.69, 9.17) is 0 Å². The van der Waals surface area contributed by atoms with Crippen molar-refractivity contribution >= 4 is 28.8 Å². The Labute approximate surface area is 176 Å². The number of nitrogens with one attached hydrogen (secondary N) is 1. The number of carbonyl (C=O) groups is 2. The lowest BCUT2D eigenvalue weighted by atomic mass is 10.0. The largest absolute Gasteiger partial charge is 0.350 e. The van der Waals surface area contributed by atoms with Crippen molar-refractivity contribution in [2.24, 2.45) is 0 Å². The average molecular weight is 396 g/mol. The lowest BCUT2D eigenvalue weighted by molar-refractivity contribution is -0.120. The molecule has 1 aliphatic rings. The molecule has 4 heteroatoms. The first-order valence-corrected chi connectivity index (χ1v) is 9.96. The molecule has 3 aromatic rings. The van der Waals surface area contributed by atoms with Crippen molar-refractivity contribution in [1.82, 2.24) is 0 Å². The van der Waals surface area contributed by atoms with Crippen molar-refractivity contribution in [1.29, 1.82) is 0 Å². The quantitative estimate of drug-likeness (QED) is 0.608. The van der Waals surface area contributed by atoms with Gasteiger partial charge in [-0.3, -0.25) is 9.59 Å². The average Bonchev–Trinajstić information content (AvgIpc) is 2.93. The van der Waals surface area contributed by atoms with Crippen molar-refractivity contribution in [2.75, 3.05) is 10.2 Å². The summed E-state index contributed by atoms with van der Waals surface area (Å²) in [5.74, 6) is -0.654. The van der Waals surface area contributed by atoms with Gasteiger partial charge in [0.2, 0.25) is 0 Å². The predicted molar refractivity (Wildman–Crippen MR) is 121 cm³/mol. The van der Waals surface area contributed by atoms with E-state index in [0.29, 0.717) is 17.0 Å². The number of carbonyl (C=O) groups excluding carboxylic acids is 2. The number of imide groups is 1. The van der Waals surface area contributed by atoms with Crippen molar-refractivity contribution in [2.45, 2.75) is 27.7 Å². The number of rotatable bonds is 4. The molecule has 0 radical (unpaired) electrons. The molecule has 1 aliphatic heterocycles. The topological polar surface area (TPSA) is 49.4 Å². The van der Waals surface area contributed by atoms with E-state index in [1.807, 2.05) is 88.4 Å². The molecule has 0 unspecified atom stereocenters. The maximum absolute atomic E-state index is 13.5. The molecule has 0 saturated carbocycles. The van der Waals surface area contributed by atoms with E-state index >= 15 is 0 Å². The second-order valence-corrected chi connectivity index (χ2v) is 7.85. The predicted octanol–water partition coefficient (Wildman–Crippen LogP) is 5.32. The van der Waals surface area contributed by atoms with Gasteiger partial charge < -0.3 is 5.32 Å². The summed E-state index contributed by atoms with van der Waals surface area (Å²) in [6.07, 6.45) is 0. The molecule has 3 aromatic carbocycles. The smallest absolute Gasteiger partial charge is 0.282 e. The molecule has 0 fully saturated rings. The van der Waals surface area contributed by atoms with Crippen LogP contribution in [0.3, 0.4) is 0 Å². The second kappa shape index (κ2) is 7.64. The van der Waals surface area contributed by atoms with Crippen LogP contribution in [0.15, 0.2) is 72.4 Å². The van der Waals surface area contributed by atoms with E-state index in [9.17, 15) is 9.59 Å². The van der Waals surface area contributed by atoms with Crippen molar-refractivity contribution < 1.29 is 9.59 Å². The summed E-state index contributed by atoms with van der Waals surface area (Å²) in [5, 5.41) is 3.25. The van der Waals surface area contributed by atoms with Gasteiger partial charge in [-0.2, -0.15) is 0 Å². The minimum atomic E-state index is -0.341. The van der Waals surface area contributed by atoms with Crippen LogP contribution in [0.25, 0.3) is 5.57 Å². The van der Waals surface area contributed by atoms with Gasteiger partial charge in [0.05, 0.1) is 11.3 Å². The summed E-state index contributed by atoms with van der Waals surface area (Å²) in [4.78, 5) is 28.3. The molecule has 0 saturated heterocycles. The summed E-state index contributed by atoms with van der Waals surface area (Å²) in [6, 6.07) is 21.2. The molecule has 30 heavy (non-hydrogen) atoms. The number of anilines is 2. The van der Waals surface area contributed by atoms with Gasteiger partial charge in [-0.15, -0.1) is 0 Å². The Balaban J connectivity index is 1.86. The van der Waals surface area contributed by atoms with Gasteiger partial charge >= 0.3 is 0 Å². The molecular formula is C26H24N2O2. The highest BCUT2D eigenvalue weighted by Crippen LogP contribution is 2.35. The molecule has 1 heterocycles. The van der Waals surface area contributed by atoms with E-state index in [-0.39, 0.29) is 11.8 Å². The third kappa shape index (κ3) is 3.52. The number of aryl methyl sites for hydroxylation is 4. The lowest BCUT2D eigenvalue weighted by Gasteiger charge is -2.18. The normalized spacial score (nSPS) is 13.9. The van der Waals surface area contributed by atoms with Crippen molar-refractivity contribution in [3.63, 3.8) is 0 Å². The fourth-order valence-electron chi connectivity index (χ4n) is 3.89. The van der Waals surface area contributed by atoms with Crippen molar-refractivity contribution in [3.8, 4) is 0 Å². The highest BCUT2D eigenvalue weighted by atomic mass is 16.2. The Morgan fingerprint density at radius 1 is 0.700 bits per heavy atom. The summed E-state index contributed by atoms with van der Waals surface area (Å²) < 4.78 is 0. The number of nitrogens with zero attached hydrogens (tertiary/aromatic N) is 1. The van der Waals surface area contributed by atoms with Crippen LogP contribution in [0.5, 0.6) is 0 Å². The molecule has 0 atom stereocenters. The van der Waals surface area contributed by atoms with Crippen LogP contribution in [-0.2, 0) is 9.59 Å². The Hall–Kier alpha value is -3.66. The SMILES string of the molecule is Cc1cc(C)cc(NC2=C(c3ccccc3)C(=O)N(c3cc(C)ccc3C)C2=O)c1. The first-order valence-electron chi connectivity index (χ1n) is 9.96. The fraction of sp³-hybridized carbons (Fsp3) is 0.154. The molecular weight excluding hydrogens is 372 g/mol. The van der Waals surface area contributed by atoms with E-state index in [1.54, 1.807) is 0 Å². The maximum atomic E-state index is 13.5. The van der Waals surface area contributed by atoms with Crippen LogP contribution < -0.4 is 10.2 Å². The Kier molecular flexibility index (Phi) is 5.00. The summed E-state index contributed by atoms with van der Waals surface area (Å²) >= 11 is 0. The Bertz CT molecular complexity index is 1170. The molecule has 0 spiro atoms. The van der Waals surface area contributed by atoms with Gasteiger partial charge in [-0.1, -0.05) is 48.5 Å². The molecule has 2 amide bonds. The van der Waals surface area contributed by atoms with Gasteiger partial charge in [0.15, 0.2) is 0 Å². The van der Waals surface area contributed by atoms with Gasteiger partial charge in [-0.25, -0.2) is 4.90 Å². The van der Waals surface area contributed by atoms with E-state index in [0.717, 1.165) is 33.5 Å². The first-order chi connectivity index (χ1) is 14.3. The number of benzene rings is 3. The maximum Gasteiger partial charge on any atom is 0.282 e. The number of hydrogen-bond donors (Lipinski definition) is 1. The standard InChI is InChI=1S/C26H24N2O2/c1-16-10-11-19(4)22(15-16)28-25(29)23(20-8-6-5-7-9-20)24(26(28)30)27-21-13-17(2)12-18(3)14-21/h5-15,27H,1-4H3. The molecule has 4 nitrogen and oxygen atoms in total. The molecule has 0 aliphatic carbocycles. The van der Waals surface area contributed by atoms with Crippen LogP contribution in [0.1, 0.15) is 27.8 Å². The van der Waals surface area contributed by atoms with Crippen molar-refractivity contribution in [3.05, 3.63) is 100 Å². The third-order valence-corrected chi connectivity index (χ3v) is 5.24. The highest BCUT2D eigenvalue weighted by Gasteiger charge is 2.40. The molecule has 0 aromatic heterocycles. The summed E-state index contributed by atoms with van der Waals surface area (Å²) in [5.41, 5.74) is 6.87. The summed E-state index contributed by atoms with van der Waals surface area (Å²) in [7, 11) is 0. The first kappa shape index (κ1) is 19.6. The number of amides is 2. The Morgan fingerprint density at radius 2 is 1.37 bits per heavy atom. The van der Waals surface area contributed by atoms with Crippen LogP contribution in [-0.4, -0.2) is 11.8 Å². The molecule has 1 N–H and O–H groups in total. The second-order valence-electron chi connectivity index (χ2n) is 7.85. The molecule has 0 bridgehead atoms. The van der Waals surface area contributed by atoms with E-state index in [1.165, 1.54) is 4.90 Å². The van der Waals surface area contributed by atoms with Crippen LogP contribution in [0, 0.1) is 27.7 Å². The monoisotopic (exact) mass is 396 g/mol. The van der Waals surface area contributed by atoms with Gasteiger partial charge in [0, 0.05) is 5.69 Å². The zero-order valence-corrected chi connectivity index (χ0v) is 17.6. The van der Waals surface area contributed by atoms with E-state index in [2.05, 4.69) is 11.4 Å². The van der Waals surface area contributed by atoms with E-state index < -0.39 is 0 Å². The summed E-state index contributed by atoms with van der Waals surface area (Å²) in [6.45, 7) is 7.88. The Morgan fingerprint density at radius 3 is 2.03 bits per heavy atom. The fourth-order valence-corrected chi connectivity index (χ4v) is 3.89. The van der Waals surface area contributed by atoms with Gasteiger partial charge in [0.25, 0.3) is 11.8 Å². The molecule has 4 rings (SSSR count). The van der Waals surface area contributed by atoms with Gasteiger partial charge in [-0.05, 0) is 73.7 Å². The van der Waals surface area contributed by atoms with Crippen LogP contribution >= 0.6 is 0 Å².